The number of anilines is 1. The molecule has 3 nitrogen and oxygen atoms in total. The number of halogens is 1. The van der Waals surface area contributed by atoms with E-state index >= 15 is 0 Å². The predicted octanol–water partition coefficient (Wildman–Crippen LogP) is 5.04. The van der Waals surface area contributed by atoms with Gasteiger partial charge in [-0.25, -0.2) is 4.79 Å². The van der Waals surface area contributed by atoms with Crippen molar-refractivity contribution < 1.29 is 9.53 Å². The van der Waals surface area contributed by atoms with E-state index < -0.39 is 0 Å². The van der Waals surface area contributed by atoms with E-state index in [1.807, 2.05) is 31.2 Å². The Hall–Kier alpha value is -1.22. The van der Waals surface area contributed by atoms with Crippen molar-refractivity contribution in [3.63, 3.8) is 0 Å². The first-order valence-electron chi connectivity index (χ1n) is 7.86. The minimum atomic E-state index is -0.301. The van der Waals surface area contributed by atoms with Crippen LogP contribution in [0.1, 0.15) is 52.4 Å². The minimum absolute atomic E-state index is 0.187. The highest BCUT2D eigenvalue weighted by Gasteiger charge is 2.19. The van der Waals surface area contributed by atoms with E-state index in [1.54, 1.807) is 0 Å². The van der Waals surface area contributed by atoms with Crippen LogP contribution in [0.25, 0.3) is 0 Å². The maximum Gasteiger partial charge on any atom is 0.328 e. The van der Waals surface area contributed by atoms with Gasteiger partial charge in [-0.3, -0.25) is 0 Å². The molecule has 0 saturated carbocycles. The van der Waals surface area contributed by atoms with Crippen LogP contribution >= 0.6 is 11.6 Å². The van der Waals surface area contributed by atoms with Crippen molar-refractivity contribution in [3.8, 4) is 0 Å². The standard InChI is InChI=1S/C17H26ClNO2/c1-3-5-6-7-8-12-16(17(20)21-4-2)19-15-11-9-10-14(18)13-15/h9-11,13,16,19H,3-8,12H2,1-2H3. The zero-order chi connectivity index (χ0) is 15.5. The molecule has 0 spiro atoms. The topological polar surface area (TPSA) is 38.3 Å². The van der Waals surface area contributed by atoms with Crippen LogP contribution in [0.4, 0.5) is 5.69 Å². The summed E-state index contributed by atoms with van der Waals surface area (Å²) in [6.45, 7) is 4.43. The fraction of sp³-hybridized carbons (Fsp3) is 0.588. The lowest BCUT2D eigenvalue weighted by Crippen LogP contribution is -2.31. The van der Waals surface area contributed by atoms with Crippen molar-refractivity contribution in [2.75, 3.05) is 11.9 Å². The lowest BCUT2D eigenvalue weighted by atomic mass is 10.1. The summed E-state index contributed by atoms with van der Waals surface area (Å²) in [4.78, 5) is 12.0. The van der Waals surface area contributed by atoms with Crippen LogP contribution < -0.4 is 5.32 Å². The third-order valence-corrected chi connectivity index (χ3v) is 3.57. The highest BCUT2D eigenvalue weighted by atomic mass is 35.5. The molecule has 0 aromatic heterocycles. The van der Waals surface area contributed by atoms with E-state index in [0.29, 0.717) is 11.6 Å². The van der Waals surface area contributed by atoms with Crippen LogP contribution in [0.3, 0.4) is 0 Å². The molecule has 0 bridgehead atoms. The molecule has 1 aromatic rings. The first-order chi connectivity index (χ1) is 10.2. The van der Waals surface area contributed by atoms with Crippen LogP contribution in [-0.4, -0.2) is 18.6 Å². The van der Waals surface area contributed by atoms with Crippen LogP contribution in [0.2, 0.25) is 5.02 Å². The Morgan fingerprint density at radius 3 is 2.67 bits per heavy atom. The summed E-state index contributed by atoms with van der Waals surface area (Å²) >= 11 is 5.97. The molecule has 0 saturated heterocycles. The summed E-state index contributed by atoms with van der Waals surface area (Å²) in [5, 5.41) is 3.89. The van der Waals surface area contributed by atoms with E-state index in [9.17, 15) is 4.79 Å². The average molecular weight is 312 g/mol. The van der Waals surface area contributed by atoms with Crippen molar-refractivity contribution in [2.45, 2.75) is 58.4 Å². The number of esters is 1. The van der Waals surface area contributed by atoms with Gasteiger partial charge in [-0.1, -0.05) is 56.7 Å². The molecule has 1 rings (SSSR count). The Balaban J connectivity index is 2.53. The summed E-state index contributed by atoms with van der Waals surface area (Å²) in [7, 11) is 0. The molecule has 0 heterocycles. The zero-order valence-corrected chi connectivity index (χ0v) is 13.8. The fourth-order valence-corrected chi connectivity index (χ4v) is 2.41. The second-order valence-corrected chi connectivity index (χ2v) is 5.60. The van der Waals surface area contributed by atoms with Crippen molar-refractivity contribution in [2.24, 2.45) is 0 Å². The minimum Gasteiger partial charge on any atom is -0.464 e. The van der Waals surface area contributed by atoms with E-state index in [0.717, 1.165) is 24.9 Å². The molecule has 0 aliphatic rings. The molecule has 0 radical (unpaired) electrons. The predicted molar refractivity (Wildman–Crippen MR) is 88.9 cm³/mol. The van der Waals surface area contributed by atoms with Crippen LogP contribution in [-0.2, 0) is 9.53 Å². The van der Waals surface area contributed by atoms with Crippen LogP contribution in [0, 0.1) is 0 Å². The van der Waals surface area contributed by atoms with Crippen molar-refractivity contribution >= 4 is 23.3 Å². The van der Waals surface area contributed by atoms with E-state index in [2.05, 4.69) is 12.2 Å². The number of carbonyl (C=O) groups is 1. The second-order valence-electron chi connectivity index (χ2n) is 5.16. The number of unbranched alkanes of at least 4 members (excludes halogenated alkanes) is 4. The number of rotatable bonds is 10. The van der Waals surface area contributed by atoms with E-state index in [4.69, 9.17) is 16.3 Å². The Kier molecular flexibility index (Phi) is 8.91. The number of hydrogen-bond donors (Lipinski definition) is 1. The van der Waals surface area contributed by atoms with Gasteiger partial charge in [0.05, 0.1) is 6.61 Å². The van der Waals surface area contributed by atoms with Gasteiger partial charge in [0.1, 0.15) is 6.04 Å². The summed E-state index contributed by atoms with van der Waals surface area (Å²) < 4.78 is 5.15. The van der Waals surface area contributed by atoms with Gasteiger partial charge in [-0.05, 0) is 31.5 Å². The molecule has 1 atom stereocenters. The molecule has 0 fully saturated rings. The Morgan fingerprint density at radius 1 is 1.24 bits per heavy atom. The second kappa shape index (κ2) is 10.5. The van der Waals surface area contributed by atoms with Gasteiger partial charge in [-0.2, -0.15) is 0 Å². The van der Waals surface area contributed by atoms with E-state index in [-0.39, 0.29) is 12.0 Å². The summed E-state index contributed by atoms with van der Waals surface area (Å²) in [6.07, 6.45) is 6.67. The van der Waals surface area contributed by atoms with Crippen molar-refractivity contribution in [1.29, 1.82) is 0 Å². The van der Waals surface area contributed by atoms with Gasteiger partial charge in [0.2, 0.25) is 0 Å². The monoisotopic (exact) mass is 311 g/mol. The first-order valence-corrected chi connectivity index (χ1v) is 8.24. The smallest absolute Gasteiger partial charge is 0.328 e. The number of nitrogens with one attached hydrogen (secondary N) is 1. The molecule has 1 unspecified atom stereocenters. The molecule has 118 valence electrons. The number of benzene rings is 1. The van der Waals surface area contributed by atoms with E-state index in [1.165, 1.54) is 19.3 Å². The highest BCUT2D eigenvalue weighted by molar-refractivity contribution is 6.30. The molecule has 1 N–H and O–H groups in total. The van der Waals surface area contributed by atoms with Crippen molar-refractivity contribution in [1.82, 2.24) is 0 Å². The van der Waals surface area contributed by atoms with Crippen molar-refractivity contribution in [3.05, 3.63) is 29.3 Å². The lowest BCUT2D eigenvalue weighted by Gasteiger charge is -2.18. The number of ether oxygens (including phenoxy) is 1. The largest absolute Gasteiger partial charge is 0.464 e. The molecule has 4 heteroatoms. The summed E-state index contributed by atoms with van der Waals surface area (Å²) in [6, 6.07) is 7.12. The van der Waals surface area contributed by atoms with Gasteiger partial charge >= 0.3 is 5.97 Å². The maximum absolute atomic E-state index is 12.0. The third-order valence-electron chi connectivity index (χ3n) is 3.33. The maximum atomic E-state index is 12.0. The zero-order valence-electron chi connectivity index (χ0n) is 13.0. The molecular formula is C17H26ClNO2. The highest BCUT2D eigenvalue weighted by Crippen LogP contribution is 2.18. The molecule has 21 heavy (non-hydrogen) atoms. The summed E-state index contributed by atoms with van der Waals surface area (Å²) in [5.74, 6) is -0.187. The number of carbonyl (C=O) groups excluding carboxylic acids is 1. The Morgan fingerprint density at radius 2 is 2.00 bits per heavy atom. The van der Waals surface area contributed by atoms with Gasteiger partial charge in [0.15, 0.2) is 0 Å². The van der Waals surface area contributed by atoms with Gasteiger partial charge < -0.3 is 10.1 Å². The van der Waals surface area contributed by atoms with Crippen LogP contribution in [0.5, 0.6) is 0 Å². The van der Waals surface area contributed by atoms with Gasteiger partial charge in [-0.15, -0.1) is 0 Å². The Labute approximate surface area is 133 Å². The molecule has 0 amide bonds. The molecule has 0 aliphatic heterocycles. The van der Waals surface area contributed by atoms with Crippen LogP contribution in [0.15, 0.2) is 24.3 Å². The fourth-order valence-electron chi connectivity index (χ4n) is 2.22. The quantitative estimate of drug-likeness (QED) is 0.485. The lowest BCUT2D eigenvalue weighted by molar-refractivity contribution is -0.144. The van der Waals surface area contributed by atoms with Gasteiger partial charge in [0, 0.05) is 10.7 Å². The average Bonchev–Trinajstić information content (AvgIpc) is 2.46. The third kappa shape index (κ3) is 7.37. The Bertz CT molecular complexity index is 423. The molecule has 1 aromatic carbocycles. The number of hydrogen-bond acceptors (Lipinski definition) is 3. The summed E-state index contributed by atoms with van der Waals surface area (Å²) in [5.41, 5.74) is 0.856. The molecule has 0 aliphatic carbocycles. The SMILES string of the molecule is CCCCCCCC(Nc1cccc(Cl)c1)C(=O)OCC. The first kappa shape index (κ1) is 17.8. The molecular weight excluding hydrogens is 286 g/mol. The van der Waals surface area contributed by atoms with Gasteiger partial charge in [0.25, 0.3) is 0 Å². The normalized spacial score (nSPS) is 12.0.